The van der Waals surface area contributed by atoms with Crippen molar-refractivity contribution in [1.29, 1.82) is 0 Å². The molecule has 0 saturated carbocycles. The number of thioether (sulfide) groups is 1. The van der Waals surface area contributed by atoms with Crippen molar-refractivity contribution in [1.82, 2.24) is 0 Å². The average molecular weight is 266 g/mol. The number of rotatable bonds is 3. The summed E-state index contributed by atoms with van der Waals surface area (Å²) in [5.74, 6) is 0.457. The number of hydrogen-bond acceptors (Lipinski definition) is 3. The van der Waals surface area contributed by atoms with Crippen LogP contribution in [0.15, 0.2) is 23.2 Å². The molecular formula is C14H19FN2S. The highest BCUT2D eigenvalue weighted by atomic mass is 32.2. The van der Waals surface area contributed by atoms with Gasteiger partial charge in [0.15, 0.2) is 5.17 Å². The number of aliphatic imine (C=N–C) groups is 1. The van der Waals surface area contributed by atoms with Crippen LogP contribution in [-0.2, 0) is 0 Å². The van der Waals surface area contributed by atoms with Crippen molar-refractivity contribution in [3.8, 4) is 0 Å². The number of nitrogens with zero attached hydrogens (tertiary/aromatic N) is 1. The second kappa shape index (κ2) is 5.74. The molecule has 1 N–H and O–H groups in total. The molecule has 0 radical (unpaired) electrons. The second-order valence-electron chi connectivity index (χ2n) is 5.12. The third-order valence-corrected chi connectivity index (χ3v) is 3.95. The van der Waals surface area contributed by atoms with E-state index in [0.29, 0.717) is 16.9 Å². The number of hydrogen-bond donors (Lipinski definition) is 1. The van der Waals surface area contributed by atoms with Crippen molar-refractivity contribution < 1.29 is 4.39 Å². The predicted octanol–water partition coefficient (Wildman–Crippen LogP) is 4.06. The topological polar surface area (TPSA) is 24.4 Å². The molecule has 1 unspecified atom stereocenters. The number of benzene rings is 1. The van der Waals surface area contributed by atoms with E-state index in [4.69, 9.17) is 0 Å². The summed E-state index contributed by atoms with van der Waals surface area (Å²) >= 11 is 1.72. The van der Waals surface area contributed by atoms with E-state index in [1.54, 1.807) is 17.8 Å². The van der Waals surface area contributed by atoms with Gasteiger partial charge in [-0.2, -0.15) is 0 Å². The van der Waals surface area contributed by atoms with E-state index in [2.05, 4.69) is 24.2 Å². The highest BCUT2D eigenvalue weighted by Gasteiger charge is 2.21. The van der Waals surface area contributed by atoms with Gasteiger partial charge in [0, 0.05) is 5.25 Å². The zero-order valence-corrected chi connectivity index (χ0v) is 11.9. The number of halogens is 1. The summed E-state index contributed by atoms with van der Waals surface area (Å²) in [6.07, 6.45) is 1.15. The zero-order chi connectivity index (χ0) is 13.1. The number of aryl methyl sites for hydroxylation is 1. The lowest BCUT2D eigenvalue weighted by molar-refractivity contribution is 0.575. The summed E-state index contributed by atoms with van der Waals surface area (Å²) in [6.45, 7) is 7.14. The maximum absolute atomic E-state index is 13.7. The normalized spacial score (nSPS) is 19.2. The summed E-state index contributed by atoms with van der Waals surface area (Å²) < 4.78 is 13.7. The molecule has 1 heterocycles. The van der Waals surface area contributed by atoms with Gasteiger partial charge in [-0.15, -0.1) is 0 Å². The van der Waals surface area contributed by atoms with E-state index in [1.807, 2.05) is 13.0 Å². The van der Waals surface area contributed by atoms with Crippen LogP contribution in [0.4, 0.5) is 10.1 Å². The molecule has 0 fully saturated rings. The van der Waals surface area contributed by atoms with E-state index in [9.17, 15) is 4.39 Å². The smallest absolute Gasteiger partial charge is 0.161 e. The molecular weight excluding hydrogens is 247 g/mol. The van der Waals surface area contributed by atoms with E-state index in [-0.39, 0.29) is 5.82 Å². The van der Waals surface area contributed by atoms with Crippen LogP contribution in [0.2, 0.25) is 0 Å². The molecule has 0 aliphatic carbocycles. The molecule has 0 aromatic heterocycles. The SMILES string of the molecule is Cc1ccc(NC2=NCC(CC(C)C)S2)c(F)c1. The van der Waals surface area contributed by atoms with Gasteiger partial charge in [0.25, 0.3) is 0 Å². The monoisotopic (exact) mass is 266 g/mol. The third kappa shape index (κ3) is 3.48. The number of anilines is 1. The molecule has 1 atom stereocenters. The summed E-state index contributed by atoms with van der Waals surface area (Å²) in [6, 6.07) is 5.20. The minimum atomic E-state index is -0.217. The van der Waals surface area contributed by atoms with Gasteiger partial charge in [-0.25, -0.2) is 4.39 Å². The minimum Gasteiger partial charge on any atom is -0.333 e. The van der Waals surface area contributed by atoms with E-state index >= 15 is 0 Å². The van der Waals surface area contributed by atoms with Gasteiger partial charge in [-0.1, -0.05) is 31.7 Å². The Labute approximate surface area is 112 Å². The lowest BCUT2D eigenvalue weighted by Crippen LogP contribution is -2.10. The van der Waals surface area contributed by atoms with E-state index < -0.39 is 0 Å². The van der Waals surface area contributed by atoms with Crippen molar-refractivity contribution in [3.05, 3.63) is 29.6 Å². The second-order valence-corrected chi connectivity index (χ2v) is 6.41. The largest absolute Gasteiger partial charge is 0.333 e. The molecule has 4 heteroatoms. The lowest BCUT2D eigenvalue weighted by Gasteiger charge is -2.11. The lowest BCUT2D eigenvalue weighted by atomic mass is 10.1. The molecule has 1 aliphatic rings. The van der Waals surface area contributed by atoms with Gasteiger partial charge in [0.1, 0.15) is 5.82 Å². The Morgan fingerprint density at radius 1 is 1.50 bits per heavy atom. The molecule has 0 saturated heterocycles. The number of nitrogens with one attached hydrogen (secondary N) is 1. The van der Waals surface area contributed by atoms with Crippen LogP contribution in [0.3, 0.4) is 0 Å². The molecule has 2 rings (SSSR count). The summed E-state index contributed by atoms with van der Waals surface area (Å²) in [7, 11) is 0. The van der Waals surface area contributed by atoms with Crippen LogP contribution < -0.4 is 5.32 Å². The quantitative estimate of drug-likeness (QED) is 0.892. The minimum absolute atomic E-state index is 0.217. The molecule has 0 bridgehead atoms. The van der Waals surface area contributed by atoms with Crippen molar-refractivity contribution in [2.24, 2.45) is 10.9 Å². The first kappa shape index (κ1) is 13.4. The Hall–Kier alpha value is -1.03. The van der Waals surface area contributed by atoms with Gasteiger partial charge in [-0.3, -0.25) is 4.99 Å². The first-order chi connectivity index (χ1) is 8.54. The fraction of sp³-hybridized carbons (Fsp3) is 0.500. The molecule has 1 aromatic carbocycles. The Morgan fingerprint density at radius 2 is 2.28 bits per heavy atom. The molecule has 98 valence electrons. The number of amidine groups is 1. The van der Waals surface area contributed by atoms with Crippen LogP contribution in [0.25, 0.3) is 0 Å². The summed E-state index contributed by atoms with van der Waals surface area (Å²) in [5, 5.41) is 4.44. The fourth-order valence-electron chi connectivity index (χ4n) is 1.97. The van der Waals surface area contributed by atoms with E-state index in [0.717, 1.165) is 23.7 Å². The van der Waals surface area contributed by atoms with Crippen molar-refractivity contribution >= 4 is 22.6 Å². The average Bonchev–Trinajstić information content (AvgIpc) is 2.69. The summed E-state index contributed by atoms with van der Waals surface area (Å²) in [5.41, 5.74) is 1.44. The van der Waals surface area contributed by atoms with Gasteiger partial charge in [0.2, 0.25) is 0 Å². The first-order valence-electron chi connectivity index (χ1n) is 6.29. The molecule has 1 aromatic rings. The Balaban J connectivity index is 1.95. The maximum atomic E-state index is 13.7. The Morgan fingerprint density at radius 3 is 2.94 bits per heavy atom. The van der Waals surface area contributed by atoms with E-state index in [1.165, 1.54) is 6.07 Å². The van der Waals surface area contributed by atoms with Crippen LogP contribution >= 0.6 is 11.8 Å². The molecule has 0 amide bonds. The van der Waals surface area contributed by atoms with Crippen LogP contribution in [-0.4, -0.2) is 17.0 Å². The standard InChI is InChI=1S/C14H19FN2S/c1-9(2)6-11-8-16-14(18-11)17-13-5-4-10(3)7-12(13)15/h4-5,7,9,11H,6,8H2,1-3H3,(H,16,17). The van der Waals surface area contributed by atoms with Crippen molar-refractivity contribution in [3.63, 3.8) is 0 Å². The van der Waals surface area contributed by atoms with Gasteiger partial charge in [-0.05, 0) is 37.0 Å². The Bertz CT molecular complexity index is 457. The highest BCUT2D eigenvalue weighted by Crippen LogP contribution is 2.28. The first-order valence-corrected chi connectivity index (χ1v) is 7.17. The van der Waals surface area contributed by atoms with Crippen LogP contribution in [0, 0.1) is 18.7 Å². The summed E-state index contributed by atoms with van der Waals surface area (Å²) in [4.78, 5) is 4.43. The van der Waals surface area contributed by atoms with Gasteiger partial charge >= 0.3 is 0 Å². The van der Waals surface area contributed by atoms with Gasteiger partial charge < -0.3 is 5.32 Å². The predicted molar refractivity (Wildman–Crippen MR) is 77.9 cm³/mol. The van der Waals surface area contributed by atoms with Crippen molar-refractivity contribution in [2.45, 2.75) is 32.4 Å². The van der Waals surface area contributed by atoms with Crippen molar-refractivity contribution in [2.75, 3.05) is 11.9 Å². The van der Waals surface area contributed by atoms with Crippen LogP contribution in [0.5, 0.6) is 0 Å². The molecule has 1 aliphatic heterocycles. The fourth-order valence-corrected chi connectivity index (χ4v) is 3.24. The molecule has 0 spiro atoms. The van der Waals surface area contributed by atoms with Gasteiger partial charge in [0.05, 0.1) is 12.2 Å². The highest BCUT2D eigenvalue weighted by molar-refractivity contribution is 8.15. The van der Waals surface area contributed by atoms with Crippen LogP contribution in [0.1, 0.15) is 25.8 Å². The third-order valence-electron chi connectivity index (χ3n) is 2.82. The molecule has 18 heavy (non-hydrogen) atoms. The zero-order valence-electron chi connectivity index (χ0n) is 11.0. The molecule has 2 nitrogen and oxygen atoms in total. The Kier molecular flexibility index (Phi) is 4.27. The maximum Gasteiger partial charge on any atom is 0.161 e.